The van der Waals surface area contributed by atoms with Crippen molar-refractivity contribution in [3.8, 4) is 0 Å². The Bertz CT molecular complexity index is 267. The van der Waals surface area contributed by atoms with Gasteiger partial charge in [-0.2, -0.15) is 0 Å². The van der Waals surface area contributed by atoms with E-state index in [-0.39, 0.29) is 5.91 Å². The smallest absolute Gasteiger partial charge is 0.221 e. The normalized spacial score (nSPS) is 11.2. The van der Waals surface area contributed by atoms with E-state index >= 15 is 0 Å². The Kier molecular flexibility index (Phi) is 18.3. The summed E-state index contributed by atoms with van der Waals surface area (Å²) in [5, 5.41) is 3.02. The third-order valence-corrected chi connectivity index (χ3v) is 4.64. The largest absolute Gasteiger partial charge is 0.356 e. The molecule has 0 saturated carbocycles. The minimum absolute atomic E-state index is 0.193. The second-order valence-electron chi connectivity index (χ2n) is 7.50. The number of nitrogens with one attached hydrogen (secondary N) is 1. The Morgan fingerprint density at radius 2 is 1.12 bits per heavy atom. The van der Waals surface area contributed by atoms with Crippen molar-refractivity contribution in [1.82, 2.24) is 10.2 Å². The van der Waals surface area contributed by atoms with Crippen LogP contribution in [-0.4, -0.2) is 38.0 Å². The molecule has 24 heavy (non-hydrogen) atoms. The van der Waals surface area contributed by atoms with Gasteiger partial charge in [-0.1, -0.05) is 90.4 Å². The van der Waals surface area contributed by atoms with E-state index in [2.05, 4.69) is 12.2 Å². The van der Waals surface area contributed by atoms with Crippen LogP contribution in [0.5, 0.6) is 0 Å². The zero-order chi connectivity index (χ0) is 17.9. The Hall–Kier alpha value is -0.570. The second-order valence-corrected chi connectivity index (χ2v) is 7.50. The Morgan fingerprint density at radius 3 is 1.54 bits per heavy atom. The van der Waals surface area contributed by atoms with Gasteiger partial charge in [-0.3, -0.25) is 4.79 Å². The minimum Gasteiger partial charge on any atom is -0.356 e. The van der Waals surface area contributed by atoms with Gasteiger partial charge in [0.25, 0.3) is 0 Å². The van der Waals surface area contributed by atoms with E-state index in [9.17, 15) is 4.79 Å². The van der Waals surface area contributed by atoms with Crippen molar-refractivity contribution in [2.75, 3.05) is 27.2 Å². The van der Waals surface area contributed by atoms with Crippen LogP contribution in [0.2, 0.25) is 0 Å². The van der Waals surface area contributed by atoms with Crippen LogP contribution in [0.15, 0.2) is 0 Å². The molecule has 0 rings (SSSR count). The summed E-state index contributed by atoms with van der Waals surface area (Å²) in [5.41, 5.74) is 0. The molecule has 0 fully saturated rings. The van der Waals surface area contributed by atoms with Gasteiger partial charge in [-0.15, -0.1) is 0 Å². The van der Waals surface area contributed by atoms with Gasteiger partial charge in [0.05, 0.1) is 0 Å². The summed E-state index contributed by atoms with van der Waals surface area (Å²) in [4.78, 5) is 13.6. The van der Waals surface area contributed by atoms with Gasteiger partial charge in [0.2, 0.25) is 5.91 Å². The Morgan fingerprint density at radius 1 is 0.708 bits per heavy atom. The lowest BCUT2D eigenvalue weighted by Crippen LogP contribution is -2.28. The van der Waals surface area contributed by atoms with Gasteiger partial charge in [-0.05, 0) is 20.5 Å². The molecule has 0 aliphatic heterocycles. The molecule has 0 radical (unpaired) electrons. The number of nitrogens with zero attached hydrogens (tertiary/aromatic N) is 1. The molecule has 0 aliphatic rings. The third-order valence-electron chi connectivity index (χ3n) is 4.64. The van der Waals surface area contributed by atoms with E-state index in [0.717, 1.165) is 19.5 Å². The standard InChI is InChI=1S/C21H44N2O/c1-4-5-6-7-8-9-10-11-12-13-14-15-16-17-19-22-21(24)18-20-23(2)3/h4-20H2,1-3H3,(H,22,24). The maximum atomic E-state index is 11.5. The predicted octanol–water partition coefficient (Wildman–Crippen LogP) is 5.54. The molecule has 0 bridgehead atoms. The summed E-state index contributed by atoms with van der Waals surface area (Å²) in [7, 11) is 4.00. The molecule has 0 aliphatic carbocycles. The van der Waals surface area contributed by atoms with Gasteiger partial charge < -0.3 is 10.2 Å². The van der Waals surface area contributed by atoms with E-state index in [1.165, 1.54) is 83.5 Å². The van der Waals surface area contributed by atoms with E-state index in [0.29, 0.717) is 6.42 Å². The van der Waals surface area contributed by atoms with Crippen molar-refractivity contribution in [2.45, 2.75) is 103 Å². The summed E-state index contributed by atoms with van der Waals surface area (Å²) in [6, 6.07) is 0. The topological polar surface area (TPSA) is 32.3 Å². The van der Waals surface area contributed by atoms with Gasteiger partial charge in [0.15, 0.2) is 0 Å². The van der Waals surface area contributed by atoms with Crippen molar-refractivity contribution < 1.29 is 4.79 Å². The number of carbonyl (C=O) groups excluding carboxylic acids is 1. The van der Waals surface area contributed by atoms with Crippen LogP contribution < -0.4 is 5.32 Å². The van der Waals surface area contributed by atoms with Crippen LogP contribution in [0.25, 0.3) is 0 Å². The molecule has 0 aromatic carbocycles. The minimum atomic E-state index is 0.193. The second kappa shape index (κ2) is 18.8. The molecular weight excluding hydrogens is 296 g/mol. The van der Waals surface area contributed by atoms with E-state index in [4.69, 9.17) is 0 Å². The van der Waals surface area contributed by atoms with Crippen LogP contribution in [-0.2, 0) is 4.79 Å². The molecule has 0 atom stereocenters. The third kappa shape index (κ3) is 19.5. The lowest BCUT2D eigenvalue weighted by atomic mass is 10.0. The summed E-state index contributed by atoms with van der Waals surface area (Å²) in [6.07, 6.45) is 19.9. The average Bonchev–Trinajstić information content (AvgIpc) is 2.56. The summed E-state index contributed by atoms with van der Waals surface area (Å²) in [5.74, 6) is 0.193. The first-order valence-electron chi connectivity index (χ1n) is 10.6. The highest BCUT2D eigenvalue weighted by Crippen LogP contribution is 2.12. The van der Waals surface area contributed by atoms with Gasteiger partial charge in [0.1, 0.15) is 0 Å². The molecule has 0 unspecified atom stereocenters. The molecule has 144 valence electrons. The fraction of sp³-hybridized carbons (Fsp3) is 0.952. The highest BCUT2D eigenvalue weighted by atomic mass is 16.1. The van der Waals surface area contributed by atoms with Crippen LogP contribution in [0.3, 0.4) is 0 Å². The van der Waals surface area contributed by atoms with E-state index < -0.39 is 0 Å². The summed E-state index contributed by atoms with van der Waals surface area (Å²) >= 11 is 0. The number of hydrogen-bond donors (Lipinski definition) is 1. The number of carbonyl (C=O) groups is 1. The number of unbranched alkanes of at least 4 members (excludes halogenated alkanes) is 13. The average molecular weight is 341 g/mol. The van der Waals surface area contributed by atoms with Crippen LogP contribution in [0, 0.1) is 0 Å². The molecule has 1 N–H and O–H groups in total. The fourth-order valence-corrected chi connectivity index (χ4v) is 2.96. The molecule has 0 aromatic rings. The van der Waals surface area contributed by atoms with Crippen LogP contribution in [0.4, 0.5) is 0 Å². The quantitative estimate of drug-likeness (QED) is 0.332. The van der Waals surface area contributed by atoms with Crippen molar-refractivity contribution in [1.29, 1.82) is 0 Å². The van der Waals surface area contributed by atoms with Crippen LogP contribution >= 0.6 is 0 Å². The number of hydrogen-bond acceptors (Lipinski definition) is 2. The lowest BCUT2D eigenvalue weighted by molar-refractivity contribution is -0.121. The molecule has 1 amide bonds. The van der Waals surface area contributed by atoms with E-state index in [1.807, 2.05) is 19.0 Å². The maximum Gasteiger partial charge on any atom is 0.221 e. The zero-order valence-corrected chi connectivity index (χ0v) is 16.9. The SMILES string of the molecule is CCCCCCCCCCCCCCCCNC(=O)CCN(C)C. The van der Waals surface area contributed by atoms with E-state index in [1.54, 1.807) is 0 Å². The summed E-state index contributed by atoms with van der Waals surface area (Å²) < 4.78 is 0. The Labute approximate surface area is 152 Å². The van der Waals surface area contributed by atoms with Gasteiger partial charge in [0, 0.05) is 19.5 Å². The maximum absolute atomic E-state index is 11.5. The molecule has 0 saturated heterocycles. The molecule has 0 aromatic heterocycles. The Balaban J connectivity index is 3.08. The summed E-state index contributed by atoms with van der Waals surface area (Å²) in [6.45, 7) is 3.97. The molecular formula is C21H44N2O. The molecule has 0 heterocycles. The lowest BCUT2D eigenvalue weighted by Gasteiger charge is -2.09. The zero-order valence-electron chi connectivity index (χ0n) is 16.9. The van der Waals surface area contributed by atoms with Gasteiger partial charge >= 0.3 is 0 Å². The predicted molar refractivity (Wildman–Crippen MR) is 106 cm³/mol. The molecule has 3 heteroatoms. The molecule has 3 nitrogen and oxygen atoms in total. The first-order chi connectivity index (χ1) is 11.7. The highest BCUT2D eigenvalue weighted by Gasteiger charge is 2.01. The first-order valence-corrected chi connectivity index (χ1v) is 10.6. The number of amides is 1. The van der Waals surface area contributed by atoms with Crippen molar-refractivity contribution in [3.63, 3.8) is 0 Å². The fourth-order valence-electron chi connectivity index (χ4n) is 2.96. The number of rotatable bonds is 18. The van der Waals surface area contributed by atoms with Gasteiger partial charge in [-0.25, -0.2) is 0 Å². The monoisotopic (exact) mass is 340 g/mol. The van der Waals surface area contributed by atoms with Crippen LogP contribution in [0.1, 0.15) is 103 Å². The highest BCUT2D eigenvalue weighted by molar-refractivity contribution is 5.75. The van der Waals surface area contributed by atoms with Crippen molar-refractivity contribution in [3.05, 3.63) is 0 Å². The molecule has 0 spiro atoms. The van der Waals surface area contributed by atoms with Crippen molar-refractivity contribution >= 4 is 5.91 Å². The van der Waals surface area contributed by atoms with Crippen molar-refractivity contribution in [2.24, 2.45) is 0 Å². The first kappa shape index (κ1) is 23.4.